The Morgan fingerprint density at radius 1 is 1.35 bits per heavy atom. The number of anilines is 1. The Labute approximate surface area is 116 Å². The molecule has 20 heavy (non-hydrogen) atoms. The molecule has 0 saturated heterocycles. The standard InChI is InChI=1S/C14H17N3O3/c1-4-12-11-7-9(16(2)3)5-6-10(11)14(20)17(15-12)8-13(18)19/h5-7H,4,8H2,1-3H3,(H,18,19). The van der Waals surface area contributed by atoms with Gasteiger partial charge >= 0.3 is 5.97 Å². The van der Waals surface area contributed by atoms with Crippen molar-refractivity contribution in [3.05, 3.63) is 34.2 Å². The van der Waals surface area contributed by atoms with E-state index >= 15 is 0 Å². The summed E-state index contributed by atoms with van der Waals surface area (Å²) in [6.45, 7) is 1.51. The Kier molecular flexibility index (Phi) is 3.74. The van der Waals surface area contributed by atoms with E-state index < -0.39 is 12.5 Å². The SMILES string of the molecule is CCc1nn(CC(=O)O)c(=O)c2ccc(N(C)C)cc12. The summed E-state index contributed by atoms with van der Waals surface area (Å²) in [6, 6.07) is 5.48. The minimum Gasteiger partial charge on any atom is -0.480 e. The molecule has 0 fully saturated rings. The summed E-state index contributed by atoms with van der Waals surface area (Å²) in [4.78, 5) is 25.0. The fourth-order valence-electron chi connectivity index (χ4n) is 2.12. The molecule has 6 nitrogen and oxygen atoms in total. The van der Waals surface area contributed by atoms with E-state index in [9.17, 15) is 9.59 Å². The maximum absolute atomic E-state index is 12.2. The van der Waals surface area contributed by atoms with Gasteiger partial charge in [0.25, 0.3) is 5.56 Å². The molecule has 0 radical (unpaired) electrons. The van der Waals surface area contributed by atoms with E-state index in [2.05, 4.69) is 5.10 Å². The zero-order chi connectivity index (χ0) is 14.9. The average molecular weight is 275 g/mol. The van der Waals surface area contributed by atoms with Crippen LogP contribution in [0.3, 0.4) is 0 Å². The Morgan fingerprint density at radius 2 is 2.05 bits per heavy atom. The minimum absolute atomic E-state index is 0.370. The lowest BCUT2D eigenvalue weighted by atomic mass is 10.1. The normalized spacial score (nSPS) is 10.8. The van der Waals surface area contributed by atoms with Crippen LogP contribution in [0.5, 0.6) is 0 Å². The molecule has 1 aromatic heterocycles. The summed E-state index contributed by atoms with van der Waals surface area (Å²) in [6.07, 6.45) is 0.632. The van der Waals surface area contributed by atoms with Crippen molar-refractivity contribution in [3.8, 4) is 0 Å². The Balaban J connectivity index is 2.74. The number of carboxylic acids is 1. The van der Waals surface area contributed by atoms with Crippen LogP contribution in [-0.4, -0.2) is 35.0 Å². The number of benzene rings is 1. The molecule has 1 aromatic carbocycles. The number of aromatic nitrogens is 2. The molecule has 1 heterocycles. The predicted octanol–water partition coefficient (Wildman–Crippen LogP) is 1.11. The number of hydrogen-bond acceptors (Lipinski definition) is 4. The van der Waals surface area contributed by atoms with Gasteiger partial charge in [-0.25, -0.2) is 4.68 Å². The van der Waals surface area contributed by atoms with Crippen molar-refractivity contribution in [2.75, 3.05) is 19.0 Å². The molecule has 0 aliphatic heterocycles. The highest BCUT2D eigenvalue weighted by Gasteiger charge is 2.12. The average Bonchev–Trinajstić information content (AvgIpc) is 2.40. The molecule has 0 atom stereocenters. The summed E-state index contributed by atoms with van der Waals surface area (Å²) in [7, 11) is 3.84. The Hall–Kier alpha value is -2.37. The van der Waals surface area contributed by atoms with E-state index in [0.29, 0.717) is 11.8 Å². The smallest absolute Gasteiger partial charge is 0.325 e. The number of fused-ring (bicyclic) bond motifs is 1. The first-order chi connectivity index (χ1) is 9.43. The van der Waals surface area contributed by atoms with Crippen LogP contribution in [0.4, 0.5) is 5.69 Å². The van der Waals surface area contributed by atoms with E-state index in [4.69, 9.17) is 5.11 Å². The molecular weight excluding hydrogens is 258 g/mol. The summed E-state index contributed by atoms with van der Waals surface area (Å²) >= 11 is 0. The minimum atomic E-state index is -1.08. The quantitative estimate of drug-likeness (QED) is 0.904. The molecular formula is C14H17N3O3. The molecule has 0 aliphatic carbocycles. The van der Waals surface area contributed by atoms with Crippen molar-refractivity contribution in [3.63, 3.8) is 0 Å². The largest absolute Gasteiger partial charge is 0.480 e. The van der Waals surface area contributed by atoms with E-state index in [1.165, 1.54) is 0 Å². The molecule has 0 saturated carbocycles. The second kappa shape index (κ2) is 5.32. The summed E-state index contributed by atoms with van der Waals surface area (Å²) in [5, 5.41) is 14.3. The number of hydrogen-bond donors (Lipinski definition) is 1. The van der Waals surface area contributed by atoms with Gasteiger partial charge in [0.1, 0.15) is 6.54 Å². The van der Waals surface area contributed by atoms with Crippen LogP contribution >= 0.6 is 0 Å². The second-order valence-electron chi connectivity index (χ2n) is 4.78. The number of carbonyl (C=O) groups is 1. The fraction of sp³-hybridized carbons (Fsp3) is 0.357. The van der Waals surface area contributed by atoms with Crippen molar-refractivity contribution >= 4 is 22.4 Å². The summed E-state index contributed by atoms with van der Waals surface area (Å²) in [5.74, 6) is -1.08. The molecule has 6 heteroatoms. The van der Waals surface area contributed by atoms with Crippen LogP contribution in [0.2, 0.25) is 0 Å². The number of carboxylic acid groups (broad SMARTS) is 1. The van der Waals surface area contributed by atoms with Crippen molar-refractivity contribution in [2.24, 2.45) is 0 Å². The van der Waals surface area contributed by atoms with Crippen molar-refractivity contribution in [1.29, 1.82) is 0 Å². The number of nitrogens with zero attached hydrogens (tertiary/aromatic N) is 3. The van der Waals surface area contributed by atoms with Gasteiger partial charge in [-0.2, -0.15) is 5.10 Å². The molecule has 0 aliphatic rings. The van der Waals surface area contributed by atoms with E-state index in [-0.39, 0.29) is 5.56 Å². The van der Waals surface area contributed by atoms with Crippen LogP contribution in [-0.2, 0) is 17.8 Å². The van der Waals surface area contributed by atoms with E-state index in [0.717, 1.165) is 21.4 Å². The predicted molar refractivity (Wildman–Crippen MR) is 77.3 cm³/mol. The molecule has 0 unspecified atom stereocenters. The lowest BCUT2D eigenvalue weighted by Crippen LogP contribution is -2.28. The van der Waals surface area contributed by atoms with Gasteiger partial charge < -0.3 is 10.0 Å². The lowest BCUT2D eigenvalue weighted by molar-refractivity contribution is -0.138. The fourth-order valence-corrected chi connectivity index (χ4v) is 2.12. The molecule has 1 N–H and O–H groups in total. The van der Waals surface area contributed by atoms with Gasteiger partial charge in [0.15, 0.2) is 0 Å². The van der Waals surface area contributed by atoms with Gasteiger partial charge in [-0.15, -0.1) is 0 Å². The van der Waals surface area contributed by atoms with Crippen LogP contribution < -0.4 is 10.5 Å². The first-order valence-electron chi connectivity index (χ1n) is 6.37. The highest BCUT2D eigenvalue weighted by atomic mass is 16.4. The van der Waals surface area contributed by atoms with Crippen LogP contribution in [0.1, 0.15) is 12.6 Å². The molecule has 106 valence electrons. The van der Waals surface area contributed by atoms with Gasteiger partial charge in [0.2, 0.25) is 0 Å². The zero-order valence-corrected chi connectivity index (χ0v) is 11.8. The third-order valence-electron chi connectivity index (χ3n) is 3.16. The van der Waals surface area contributed by atoms with Crippen LogP contribution in [0.15, 0.2) is 23.0 Å². The Morgan fingerprint density at radius 3 is 2.60 bits per heavy atom. The number of aliphatic carboxylic acids is 1. The number of rotatable bonds is 4. The first kappa shape index (κ1) is 14.0. The maximum Gasteiger partial charge on any atom is 0.325 e. The van der Waals surface area contributed by atoms with Crippen molar-refractivity contribution < 1.29 is 9.90 Å². The monoisotopic (exact) mass is 275 g/mol. The van der Waals surface area contributed by atoms with E-state index in [1.54, 1.807) is 6.07 Å². The Bertz CT molecular complexity index is 719. The first-order valence-corrected chi connectivity index (χ1v) is 6.37. The van der Waals surface area contributed by atoms with Gasteiger partial charge in [-0.1, -0.05) is 6.92 Å². The maximum atomic E-state index is 12.2. The highest BCUT2D eigenvalue weighted by Crippen LogP contribution is 2.21. The van der Waals surface area contributed by atoms with Gasteiger partial charge in [-0.3, -0.25) is 9.59 Å². The molecule has 0 spiro atoms. The third-order valence-corrected chi connectivity index (χ3v) is 3.16. The van der Waals surface area contributed by atoms with Gasteiger partial charge in [0.05, 0.1) is 11.1 Å². The molecule has 2 rings (SSSR count). The van der Waals surface area contributed by atoms with Gasteiger partial charge in [0, 0.05) is 25.2 Å². The second-order valence-corrected chi connectivity index (χ2v) is 4.78. The lowest BCUT2D eigenvalue weighted by Gasteiger charge is -2.14. The zero-order valence-electron chi connectivity index (χ0n) is 11.8. The molecule has 2 aromatic rings. The van der Waals surface area contributed by atoms with Crippen molar-refractivity contribution in [1.82, 2.24) is 9.78 Å². The summed E-state index contributed by atoms with van der Waals surface area (Å²) < 4.78 is 1.01. The van der Waals surface area contributed by atoms with Crippen LogP contribution in [0.25, 0.3) is 10.8 Å². The van der Waals surface area contributed by atoms with E-state index in [1.807, 2.05) is 38.1 Å². The van der Waals surface area contributed by atoms with Gasteiger partial charge in [-0.05, 0) is 24.6 Å². The van der Waals surface area contributed by atoms with Crippen LogP contribution in [0, 0.1) is 0 Å². The summed E-state index contributed by atoms with van der Waals surface area (Å²) in [5.41, 5.74) is 1.33. The molecule has 0 bridgehead atoms. The topological polar surface area (TPSA) is 75.4 Å². The third kappa shape index (κ3) is 2.49. The van der Waals surface area contributed by atoms with Crippen molar-refractivity contribution in [2.45, 2.75) is 19.9 Å². The molecule has 0 amide bonds. The number of aryl methyl sites for hydroxylation is 1. The highest BCUT2D eigenvalue weighted by molar-refractivity contribution is 5.87.